The number of rotatable bonds is 2. The zero-order chi connectivity index (χ0) is 10.7. The van der Waals surface area contributed by atoms with Crippen LogP contribution in [-0.4, -0.2) is 4.98 Å². The summed E-state index contributed by atoms with van der Waals surface area (Å²) in [4.78, 5) is 4.01. The first-order valence-corrected chi connectivity index (χ1v) is 4.50. The lowest BCUT2D eigenvalue weighted by Crippen LogP contribution is -1.99. The second kappa shape index (κ2) is 3.88. The van der Waals surface area contributed by atoms with Gasteiger partial charge in [-0.05, 0) is 18.2 Å². The SMILES string of the molecule is Nc1ccnc(Oc2ccccc2)c1N. The van der Waals surface area contributed by atoms with E-state index in [2.05, 4.69) is 4.98 Å². The molecule has 0 saturated heterocycles. The van der Waals surface area contributed by atoms with Gasteiger partial charge in [0, 0.05) is 6.20 Å². The summed E-state index contributed by atoms with van der Waals surface area (Å²) in [6, 6.07) is 10.9. The van der Waals surface area contributed by atoms with Crippen molar-refractivity contribution >= 4 is 11.4 Å². The van der Waals surface area contributed by atoms with Gasteiger partial charge in [-0.3, -0.25) is 0 Å². The monoisotopic (exact) mass is 201 g/mol. The van der Waals surface area contributed by atoms with E-state index in [0.717, 1.165) is 0 Å². The van der Waals surface area contributed by atoms with Crippen molar-refractivity contribution in [2.45, 2.75) is 0 Å². The van der Waals surface area contributed by atoms with Crippen LogP contribution in [0, 0.1) is 0 Å². The van der Waals surface area contributed by atoms with E-state index in [9.17, 15) is 0 Å². The summed E-state index contributed by atoms with van der Waals surface area (Å²) in [6.07, 6.45) is 1.56. The van der Waals surface area contributed by atoms with Crippen molar-refractivity contribution in [3.8, 4) is 11.6 Å². The molecule has 4 nitrogen and oxygen atoms in total. The number of anilines is 2. The Morgan fingerprint density at radius 3 is 2.47 bits per heavy atom. The van der Waals surface area contributed by atoms with Gasteiger partial charge < -0.3 is 16.2 Å². The highest BCUT2D eigenvalue weighted by Crippen LogP contribution is 2.28. The fourth-order valence-electron chi connectivity index (χ4n) is 1.15. The van der Waals surface area contributed by atoms with Gasteiger partial charge >= 0.3 is 0 Å². The number of benzene rings is 1. The van der Waals surface area contributed by atoms with E-state index >= 15 is 0 Å². The molecule has 15 heavy (non-hydrogen) atoms. The number of aromatic nitrogens is 1. The second-order valence-electron chi connectivity index (χ2n) is 3.03. The Labute approximate surface area is 87.5 Å². The zero-order valence-electron chi connectivity index (χ0n) is 8.05. The van der Waals surface area contributed by atoms with Crippen molar-refractivity contribution in [1.82, 2.24) is 4.98 Å². The fraction of sp³-hybridized carbons (Fsp3) is 0. The molecule has 0 saturated carbocycles. The molecule has 1 aromatic carbocycles. The summed E-state index contributed by atoms with van der Waals surface area (Å²) in [5.41, 5.74) is 12.2. The van der Waals surface area contributed by atoms with E-state index in [1.54, 1.807) is 12.3 Å². The summed E-state index contributed by atoms with van der Waals surface area (Å²) in [7, 11) is 0. The standard InChI is InChI=1S/C11H11N3O/c12-9-6-7-14-11(10(9)13)15-8-4-2-1-3-5-8/h1-7H,13H2,(H2,12,14). The molecule has 2 aromatic rings. The first-order chi connectivity index (χ1) is 7.27. The Hall–Kier alpha value is -2.23. The quantitative estimate of drug-likeness (QED) is 0.779. The van der Waals surface area contributed by atoms with Crippen LogP contribution in [0.15, 0.2) is 42.6 Å². The first kappa shape index (κ1) is 9.33. The first-order valence-electron chi connectivity index (χ1n) is 4.50. The predicted octanol–water partition coefficient (Wildman–Crippen LogP) is 2.04. The highest BCUT2D eigenvalue weighted by atomic mass is 16.5. The van der Waals surface area contributed by atoms with Crippen LogP contribution in [0.4, 0.5) is 11.4 Å². The Kier molecular flexibility index (Phi) is 2.41. The number of ether oxygens (including phenoxy) is 1. The third kappa shape index (κ3) is 1.99. The molecule has 0 aliphatic rings. The third-order valence-electron chi connectivity index (χ3n) is 1.95. The van der Waals surface area contributed by atoms with Gasteiger partial charge in [-0.15, -0.1) is 0 Å². The number of nitrogen functional groups attached to an aromatic ring is 2. The van der Waals surface area contributed by atoms with Crippen LogP contribution in [0.2, 0.25) is 0 Å². The minimum atomic E-state index is 0.334. The molecular weight excluding hydrogens is 190 g/mol. The van der Waals surface area contributed by atoms with Crippen LogP contribution in [0.25, 0.3) is 0 Å². The number of nitrogens with two attached hydrogens (primary N) is 2. The molecule has 0 aliphatic heterocycles. The summed E-state index contributed by atoms with van der Waals surface area (Å²) in [5, 5.41) is 0. The van der Waals surface area contributed by atoms with Crippen molar-refractivity contribution < 1.29 is 4.74 Å². The molecule has 4 heteroatoms. The van der Waals surface area contributed by atoms with Gasteiger partial charge in [0.2, 0.25) is 5.88 Å². The third-order valence-corrected chi connectivity index (χ3v) is 1.95. The summed E-state index contributed by atoms with van der Waals surface area (Å²) in [6.45, 7) is 0. The van der Waals surface area contributed by atoms with E-state index in [0.29, 0.717) is 23.0 Å². The fourth-order valence-corrected chi connectivity index (χ4v) is 1.15. The van der Waals surface area contributed by atoms with Gasteiger partial charge in [-0.2, -0.15) is 0 Å². The molecule has 0 atom stereocenters. The van der Waals surface area contributed by atoms with Gasteiger partial charge in [0.15, 0.2) is 0 Å². The number of hydrogen-bond acceptors (Lipinski definition) is 4. The average molecular weight is 201 g/mol. The lowest BCUT2D eigenvalue weighted by molar-refractivity contribution is 0.466. The van der Waals surface area contributed by atoms with Gasteiger partial charge in [0.05, 0.1) is 5.69 Å². The summed E-state index contributed by atoms with van der Waals surface area (Å²) in [5.74, 6) is 1.02. The van der Waals surface area contributed by atoms with Crippen LogP contribution in [0.1, 0.15) is 0 Å². The number of hydrogen-bond donors (Lipinski definition) is 2. The highest BCUT2D eigenvalue weighted by molar-refractivity contribution is 5.68. The second-order valence-corrected chi connectivity index (χ2v) is 3.03. The molecule has 0 aliphatic carbocycles. The minimum absolute atomic E-state index is 0.334. The number of nitrogens with zero attached hydrogens (tertiary/aromatic N) is 1. The van der Waals surface area contributed by atoms with Crippen molar-refractivity contribution in [3.05, 3.63) is 42.6 Å². The lowest BCUT2D eigenvalue weighted by Gasteiger charge is -2.07. The van der Waals surface area contributed by atoms with Crippen molar-refractivity contribution in [3.63, 3.8) is 0 Å². The molecule has 1 aromatic heterocycles. The molecule has 76 valence electrons. The smallest absolute Gasteiger partial charge is 0.244 e. The zero-order valence-corrected chi connectivity index (χ0v) is 8.05. The molecular formula is C11H11N3O. The van der Waals surface area contributed by atoms with Gasteiger partial charge in [0.1, 0.15) is 11.4 Å². The summed E-state index contributed by atoms with van der Waals surface area (Å²) >= 11 is 0. The van der Waals surface area contributed by atoms with E-state index < -0.39 is 0 Å². The van der Waals surface area contributed by atoms with Gasteiger partial charge in [-0.1, -0.05) is 18.2 Å². The van der Waals surface area contributed by atoms with Crippen molar-refractivity contribution in [1.29, 1.82) is 0 Å². The molecule has 1 heterocycles. The maximum absolute atomic E-state index is 5.72. The average Bonchev–Trinajstić information content (AvgIpc) is 2.26. The molecule has 2 rings (SSSR count). The minimum Gasteiger partial charge on any atom is -0.437 e. The number of pyridine rings is 1. The van der Waals surface area contributed by atoms with Crippen LogP contribution < -0.4 is 16.2 Å². The van der Waals surface area contributed by atoms with Gasteiger partial charge in [0.25, 0.3) is 0 Å². The molecule has 0 spiro atoms. The van der Waals surface area contributed by atoms with E-state index in [4.69, 9.17) is 16.2 Å². The van der Waals surface area contributed by atoms with E-state index in [1.165, 1.54) is 0 Å². The van der Waals surface area contributed by atoms with E-state index in [1.807, 2.05) is 30.3 Å². The molecule has 0 radical (unpaired) electrons. The van der Waals surface area contributed by atoms with E-state index in [-0.39, 0.29) is 0 Å². The van der Waals surface area contributed by atoms with Gasteiger partial charge in [-0.25, -0.2) is 4.98 Å². The topological polar surface area (TPSA) is 74.2 Å². The largest absolute Gasteiger partial charge is 0.437 e. The Morgan fingerprint density at radius 2 is 1.73 bits per heavy atom. The maximum Gasteiger partial charge on any atom is 0.244 e. The lowest BCUT2D eigenvalue weighted by atomic mass is 10.3. The van der Waals surface area contributed by atoms with Crippen LogP contribution in [0.3, 0.4) is 0 Å². The van der Waals surface area contributed by atoms with Crippen molar-refractivity contribution in [2.24, 2.45) is 0 Å². The normalized spacial score (nSPS) is 9.87. The predicted molar refractivity (Wildman–Crippen MR) is 59.6 cm³/mol. The molecule has 4 N–H and O–H groups in total. The molecule has 0 fully saturated rings. The van der Waals surface area contributed by atoms with Crippen LogP contribution in [0.5, 0.6) is 11.6 Å². The van der Waals surface area contributed by atoms with Crippen LogP contribution in [-0.2, 0) is 0 Å². The Morgan fingerprint density at radius 1 is 1.00 bits per heavy atom. The Bertz CT molecular complexity index is 457. The summed E-state index contributed by atoms with van der Waals surface area (Å²) < 4.78 is 5.47. The molecule has 0 amide bonds. The number of para-hydroxylation sites is 1. The van der Waals surface area contributed by atoms with Crippen LogP contribution >= 0.6 is 0 Å². The molecule has 0 unspecified atom stereocenters. The molecule has 0 bridgehead atoms. The Balaban J connectivity index is 2.29. The van der Waals surface area contributed by atoms with Crippen molar-refractivity contribution in [2.75, 3.05) is 11.5 Å². The highest BCUT2D eigenvalue weighted by Gasteiger charge is 2.05. The maximum atomic E-state index is 5.72.